The molecule has 0 spiro atoms. The smallest absolute Gasteiger partial charge is 0.322 e. The van der Waals surface area contributed by atoms with Crippen LogP contribution in [0.25, 0.3) is 0 Å². The summed E-state index contributed by atoms with van der Waals surface area (Å²) in [5.74, 6) is 2.36. The maximum absolute atomic E-state index is 13.9. The molecule has 10 heterocycles. The summed E-state index contributed by atoms with van der Waals surface area (Å²) < 4.78 is 84.2. The maximum Gasteiger partial charge on any atom is 0.322 e. The van der Waals surface area contributed by atoms with Crippen LogP contribution in [-0.2, 0) is 133 Å². The number of aromatic nitrogens is 10. The van der Waals surface area contributed by atoms with Gasteiger partial charge in [-0.2, -0.15) is 25.5 Å². The first-order valence-corrected chi connectivity index (χ1v) is 50.3. The summed E-state index contributed by atoms with van der Waals surface area (Å²) >= 11 is 13.4. The van der Waals surface area contributed by atoms with Crippen LogP contribution in [0.4, 0.5) is 65.6 Å². The van der Waals surface area contributed by atoms with Crippen LogP contribution in [0.1, 0.15) is 107 Å². The van der Waals surface area contributed by atoms with Crippen molar-refractivity contribution in [1.82, 2.24) is 73.4 Å². The number of anilines is 5. The van der Waals surface area contributed by atoms with Crippen LogP contribution in [0.15, 0.2) is 241 Å². The van der Waals surface area contributed by atoms with E-state index in [1.165, 1.54) is 77.7 Å². The number of aryl methyl sites for hydroxylation is 9. The average Bonchev–Trinajstić information content (AvgIpc) is 1.66. The first kappa shape index (κ1) is 105. The Bertz CT molecular complexity index is 7230. The molecule has 5 aliphatic heterocycles. The molecule has 148 heavy (non-hydrogen) atoms. The number of nitrogens with zero attached hydrogens (tertiary/aromatic N) is 15. The topological polar surface area (TPSA) is 306 Å². The van der Waals surface area contributed by atoms with Gasteiger partial charge in [0, 0.05) is 207 Å². The molecule has 5 N–H and O–H groups in total. The van der Waals surface area contributed by atoms with Gasteiger partial charge in [0.1, 0.15) is 102 Å². The normalized spacial score (nSPS) is 13.1. The molecule has 10 aromatic carbocycles. The lowest BCUT2D eigenvalue weighted by atomic mass is 10.1. The fraction of sp³-hybridized carbons (Fsp3) is 0.279. The Morgan fingerprint density at radius 2 is 0.642 bits per heavy atom. The fourth-order valence-electron chi connectivity index (χ4n) is 17.9. The van der Waals surface area contributed by atoms with Gasteiger partial charge in [-0.05, 0) is 179 Å². The first-order valence-electron chi connectivity index (χ1n) is 48.3. The number of hydrogen-bond donors (Lipinski definition) is 5. The second kappa shape index (κ2) is 48.9. The molecule has 31 nitrogen and oxygen atoms in total. The third kappa shape index (κ3) is 27.3. The zero-order valence-corrected chi connectivity index (χ0v) is 86.5. The van der Waals surface area contributed by atoms with Crippen LogP contribution in [0.2, 0.25) is 10.0 Å². The Morgan fingerprint density at radius 3 is 0.986 bits per heavy atom. The predicted octanol–water partition coefficient (Wildman–Crippen LogP) is 21.6. The molecule has 768 valence electrons. The van der Waals surface area contributed by atoms with Crippen LogP contribution >= 0.6 is 35.0 Å². The number of carbonyl (C=O) groups is 5. The summed E-state index contributed by atoms with van der Waals surface area (Å²) in [5, 5.41) is 38.0. The molecule has 0 unspecified atom stereocenters. The molecule has 0 bridgehead atoms. The Kier molecular flexibility index (Phi) is 34.7. The highest BCUT2D eigenvalue weighted by molar-refractivity contribution is 7.98. The molecule has 15 aromatic rings. The molecule has 0 atom stereocenters. The quantitative estimate of drug-likeness (QED) is 0.0394. The van der Waals surface area contributed by atoms with Gasteiger partial charge >= 0.3 is 30.2 Å². The van der Waals surface area contributed by atoms with Gasteiger partial charge in [-0.1, -0.05) is 125 Å². The molecule has 37 heteroatoms. The molecule has 5 aliphatic rings. The third-order valence-electron chi connectivity index (χ3n) is 25.8. The molecule has 0 aliphatic carbocycles. The zero-order valence-electron chi connectivity index (χ0n) is 84.2. The molecule has 0 fully saturated rings. The summed E-state index contributed by atoms with van der Waals surface area (Å²) in [4.78, 5) is 73.7. The minimum atomic E-state index is -0.524. The van der Waals surface area contributed by atoms with E-state index in [0.29, 0.717) is 139 Å². The van der Waals surface area contributed by atoms with E-state index in [9.17, 15) is 37.1 Å². The van der Waals surface area contributed by atoms with Crippen LogP contribution in [0.3, 0.4) is 0 Å². The zero-order chi connectivity index (χ0) is 104. The minimum absolute atomic E-state index is 0.0310. The average molecular weight is 2070 g/mol. The van der Waals surface area contributed by atoms with E-state index >= 15 is 0 Å². The number of rotatable bonds is 22. The van der Waals surface area contributed by atoms with Gasteiger partial charge in [0.15, 0.2) is 11.6 Å². The predicted molar refractivity (Wildman–Crippen MR) is 565 cm³/mol. The van der Waals surface area contributed by atoms with E-state index in [1.807, 2.05) is 247 Å². The van der Waals surface area contributed by atoms with Crippen molar-refractivity contribution < 1.29 is 65.6 Å². The Balaban J connectivity index is 0.000000132. The highest BCUT2D eigenvalue weighted by Gasteiger charge is 2.34. The van der Waals surface area contributed by atoms with E-state index in [2.05, 4.69) is 59.0 Å². The van der Waals surface area contributed by atoms with Crippen LogP contribution in [0, 0.1) is 45.1 Å². The van der Waals surface area contributed by atoms with Crippen molar-refractivity contribution in [3.63, 3.8) is 0 Å². The van der Waals surface area contributed by atoms with Crippen molar-refractivity contribution >= 4 is 93.6 Å². The number of thioether (sulfide) groups is 1. The summed E-state index contributed by atoms with van der Waals surface area (Å²) in [7, 11) is 11.0. The van der Waals surface area contributed by atoms with E-state index in [1.54, 1.807) is 68.9 Å². The second-order valence-electron chi connectivity index (χ2n) is 36.2. The lowest BCUT2D eigenvalue weighted by Gasteiger charge is -2.28. The van der Waals surface area contributed by atoms with Crippen molar-refractivity contribution in [2.45, 2.75) is 130 Å². The molecule has 0 saturated carbocycles. The van der Waals surface area contributed by atoms with Crippen molar-refractivity contribution in [2.75, 3.05) is 72.7 Å². The fourth-order valence-corrected chi connectivity index (χ4v) is 18.7. The van der Waals surface area contributed by atoms with Crippen molar-refractivity contribution in [1.29, 1.82) is 0 Å². The Hall–Kier alpha value is -15.9. The molecule has 0 saturated heterocycles. The van der Waals surface area contributed by atoms with Gasteiger partial charge in [0.2, 0.25) is 0 Å². The maximum atomic E-state index is 13.9. The number of benzene rings is 10. The number of ether oxygens (including phenoxy) is 6. The van der Waals surface area contributed by atoms with Crippen molar-refractivity contribution in [3.8, 4) is 34.5 Å². The number of halogens is 5. The molecule has 20 rings (SSSR count). The van der Waals surface area contributed by atoms with Gasteiger partial charge in [-0.25, -0.2) is 37.1 Å². The lowest BCUT2D eigenvalue weighted by Crippen LogP contribution is -2.39. The van der Waals surface area contributed by atoms with Gasteiger partial charge in [0.05, 0.1) is 44.9 Å². The van der Waals surface area contributed by atoms with Crippen molar-refractivity contribution in [3.05, 3.63) is 371 Å². The highest BCUT2D eigenvalue weighted by Crippen LogP contribution is 2.35. The first-order chi connectivity index (χ1) is 71.5. The highest BCUT2D eigenvalue weighted by atomic mass is 35.5. The van der Waals surface area contributed by atoms with Gasteiger partial charge in [0.25, 0.3) is 0 Å². The molecular formula is C111H117Cl2F3N20O11S. The lowest BCUT2D eigenvalue weighted by molar-refractivity contribution is 0.204. The molecule has 0 radical (unpaired) electrons. The monoisotopic (exact) mass is 2060 g/mol. The SMILES string of the molecule is COc1ccc(NC(=O)N2CCc3c(c(COc4ccc(C)cc4)nn3C)C2)cc1F.CSc1cccc(NC(=O)N2CCc3c(c(COc4ccccc4)nn3C)C2)c1.Cc1ccc(OCc2nn(C)c3c2CN(C(=O)Nc2ccc(F)c(Cl)c2)CC3)cc1.Cc1ccc(OCc2nn(C)c3c2CN(C(=O)Nc2cccc(C)c2)CC3)cc1.Cn1nc(COc2cccc(F)c2)c2c1CCN(C(=O)Nc1cccc(Cl)c1)C2. The van der Waals surface area contributed by atoms with Crippen LogP contribution in [0.5, 0.6) is 34.5 Å². The van der Waals surface area contributed by atoms with Crippen LogP contribution in [-0.4, -0.2) is 150 Å². The number of fused-ring (bicyclic) bond motifs is 5. The summed E-state index contributed by atoms with van der Waals surface area (Å²) in [6, 6.07) is 69.7. The number of amides is 10. The standard InChI is InChI=1S/C23H25FN4O3.C23H26N4O2.C22H22ClFN4O2.C22H24N4O2S.C21H20ClFN4O2/c1-15-4-7-17(8-5-15)31-14-20-18-13-28(11-10-21(18)27(2)26-20)23(29)25-16-6-9-22(30-3)19(24)12-16;1-16-7-9-19(10-8-16)29-15-21-20-14-27(12-11-22(20)26(3)25-21)23(28)24-18-6-4-5-17(2)13-18;1-14-3-6-16(7-4-14)30-13-20-17-12-28(10-9-21(17)27(2)26-20)22(29)25-15-5-8-19(24)18(23)11-15;1-25-21-11-12-26(22(27)23-16-7-6-10-18(13-16)29-2)14-19(21)20(24-25)15-28-17-8-4-3-5-9-17;1-26-20-8-9-27(21(28)24-16-6-2-4-14(22)10-16)12-18(20)19(25-26)13-29-17-7-3-5-15(23)11-17/h4-9,12H,10-11,13-14H2,1-3H3,(H,25,29);4-10,13H,11-12,14-15H2,1-3H3,(H,24,28);3-8,11H,9-10,12-13H2,1-2H3,(H,25,29);3-10,13H,11-12,14-15H2,1-2H3,(H,23,27);2-7,10-11H,8-9,12-13H2,1H3,(H,24,28). The summed E-state index contributed by atoms with van der Waals surface area (Å²) in [5.41, 5.74) is 22.7. The van der Waals surface area contributed by atoms with E-state index in [0.717, 1.165) is 131 Å². The van der Waals surface area contributed by atoms with Crippen molar-refractivity contribution in [2.24, 2.45) is 35.2 Å². The number of hydrogen-bond acceptors (Lipinski definition) is 17. The summed E-state index contributed by atoms with van der Waals surface area (Å²) in [6.45, 7) is 15.1. The number of nitrogens with one attached hydrogen (secondary N) is 5. The van der Waals surface area contributed by atoms with E-state index in [-0.39, 0.29) is 53.4 Å². The molecule has 10 amide bonds. The van der Waals surface area contributed by atoms with E-state index in [4.69, 9.17) is 51.6 Å². The number of urea groups is 5. The van der Waals surface area contributed by atoms with Gasteiger partial charge in [-0.3, -0.25) is 23.4 Å². The Labute approximate surface area is 871 Å². The number of methoxy groups -OCH3 is 1. The second-order valence-corrected chi connectivity index (χ2v) is 38.0. The summed E-state index contributed by atoms with van der Waals surface area (Å²) in [6.07, 6.45) is 5.66. The van der Waals surface area contributed by atoms with Crippen LogP contribution < -0.4 is 55.0 Å². The van der Waals surface area contributed by atoms with Gasteiger partial charge in [-0.15, -0.1) is 11.8 Å². The number of carbonyl (C=O) groups excluding carboxylic acids is 5. The number of para-hydroxylation sites is 1. The van der Waals surface area contributed by atoms with Gasteiger partial charge < -0.3 is 79.5 Å². The molecular weight excluding hydrogens is 1950 g/mol. The Morgan fingerprint density at radius 1 is 0.324 bits per heavy atom. The third-order valence-corrected chi connectivity index (χ3v) is 27.0. The minimum Gasteiger partial charge on any atom is -0.494 e. The largest absolute Gasteiger partial charge is 0.494 e. The molecule has 5 aromatic heterocycles. The van der Waals surface area contributed by atoms with E-state index < -0.39 is 11.6 Å².